The maximum absolute atomic E-state index is 12.8. The van der Waals surface area contributed by atoms with Crippen LogP contribution in [0, 0.1) is 0 Å². The van der Waals surface area contributed by atoms with Gasteiger partial charge < -0.3 is 0 Å². The molecule has 0 radical (unpaired) electrons. The molecule has 0 unspecified atom stereocenters. The van der Waals surface area contributed by atoms with Crippen molar-refractivity contribution in [2.24, 2.45) is 0 Å². The van der Waals surface area contributed by atoms with Crippen molar-refractivity contribution in [2.75, 3.05) is 4.72 Å². The van der Waals surface area contributed by atoms with E-state index in [0.717, 1.165) is 4.72 Å². The fraction of sp³-hybridized carbons (Fsp3) is 0.273. The van der Waals surface area contributed by atoms with Gasteiger partial charge in [-0.25, -0.2) is 4.98 Å². The van der Waals surface area contributed by atoms with Crippen molar-refractivity contribution in [1.29, 1.82) is 0 Å². The summed E-state index contributed by atoms with van der Waals surface area (Å²) in [6, 6.07) is 1.71. The van der Waals surface area contributed by atoms with E-state index in [0.29, 0.717) is 18.2 Å². The first-order valence-electron chi connectivity index (χ1n) is 6.33. The number of sulfonamides is 1. The summed E-state index contributed by atoms with van der Waals surface area (Å²) in [6.45, 7) is 0. The molecule has 0 bridgehead atoms. The second-order valence-electron chi connectivity index (χ2n) is 4.75. The van der Waals surface area contributed by atoms with Gasteiger partial charge >= 0.3 is 27.9 Å². The maximum Gasteiger partial charge on any atom is 0.516 e. The zero-order valence-corrected chi connectivity index (χ0v) is 13.1. The van der Waals surface area contributed by atoms with E-state index in [4.69, 9.17) is 0 Å². The number of rotatable bonds is 3. The van der Waals surface area contributed by atoms with Crippen LogP contribution in [-0.2, 0) is 22.4 Å². The van der Waals surface area contributed by atoms with Crippen molar-refractivity contribution in [1.82, 2.24) is 14.8 Å². The molecule has 150 valence electrons. The molecule has 6 nitrogen and oxygen atoms in total. The molecule has 0 saturated carbocycles. The zero-order valence-electron chi connectivity index (χ0n) is 12.3. The Hall–Kier alpha value is -2.52. The fourth-order valence-electron chi connectivity index (χ4n) is 1.66. The average Bonchev–Trinajstić information content (AvgIpc) is 2.88. The molecule has 2 rings (SSSR count). The third-order valence-corrected chi connectivity index (χ3v) is 3.87. The standard InChI is InChI=1S/C11H5F9N4O2S/c12-9(13,14)5-2-1-3-7(21-5)24-8(4-6(22-24)10(15,16)17)23-27(25,26)11(18,19)20/h1-4,23H. The predicted molar refractivity (Wildman–Crippen MR) is 70.0 cm³/mol. The molecule has 1 N–H and O–H groups in total. The van der Waals surface area contributed by atoms with Crippen LogP contribution in [0.4, 0.5) is 45.3 Å². The SMILES string of the molecule is O=S(=O)(Nc1cc(C(F)(F)F)nn1-c1cccc(C(F)(F)F)n1)C(F)(F)F. The molecule has 0 saturated heterocycles. The van der Waals surface area contributed by atoms with E-state index in [1.54, 1.807) is 0 Å². The number of pyridine rings is 1. The molecule has 2 aromatic heterocycles. The minimum atomic E-state index is -6.18. The van der Waals surface area contributed by atoms with Crippen LogP contribution in [-0.4, -0.2) is 28.7 Å². The Balaban J connectivity index is 2.64. The predicted octanol–water partition coefficient (Wildman–Crippen LogP) is 3.57. The maximum atomic E-state index is 12.8. The summed E-state index contributed by atoms with van der Waals surface area (Å²) < 4.78 is 137. The Morgan fingerprint density at radius 2 is 1.44 bits per heavy atom. The number of anilines is 1. The molecule has 0 aliphatic carbocycles. The monoisotopic (exact) mass is 428 g/mol. The lowest BCUT2D eigenvalue weighted by Gasteiger charge is -2.12. The van der Waals surface area contributed by atoms with Gasteiger partial charge in [0.2, 0.25) is 0 Å². The average molecular weight is 428 g/mol. The number of alkyl halides is 9. The zero-order chi connectivity index (χ0) is 20.8. The summed E-state index contributed by atoms with van der Waals surface area (Å²) in [5.74, 6) is -2.41. The summed E-state index contributed by atoms with van der Waals surface area (Å²) in [7, 11) is -6.18. The largest absolute Gasteiger partial charge is 0.516 e. The second-order valence-corrected chi connectivity index (χ2v) is 6.43. The minimum Gasteiger partial charge on any atom is -0.260 e. The molecular formula is C11H5F9N4O2S. The highest BCUT2D eigenvalue weighted by Gasteiger charge is 2.47. The number of hydrogen-bond donors (Lipinski definition) is 1. The normalized spacial score (nSPS) is 13.7. The Morgan fingerprint density at radius 1 is 0.889 bits per heavy atom. The van der Waals surface area contributed by atoms with E-state index >= 15 is 0 Å². The van der Waals surface area contributed by atoms with Crippen LogP contribution in [0.5, 0.6) is 0 Å². The van der Waals surface area contributed by atoms with Gasteiger partial charge in [-0.3, -0.25) is 4.72 Å². The summed E-state index contributed by atoms with van der Waals surface area (Å²) in [4.78, 5) is 2.95. The van der Waals surface area contributed by atoms with Gasteiger partial charge in [-0.1, -0.05) is 6.07 Å². The van der Waals surface area contributed by atoms with Crippen LogP contribution in [0.3, 0.4) is 0 Å². The van der Waals surface area contributed by atoms with E-state index in [1.807, 2.05) is 0 Å². The summed E-state index contributed by atoms with van der Waals surface area (Å²) >= 11 is 0. The molecule has 0 spiro atoms. The summed E-state index contributed by atoms with van der Waals surface area (Å²) in [5.41, 5.74) is -9.35. The van der Waals surface area contributed by atoms with Crippen molar-refractivity contribution in [3.8, 4) is 5.82 Å². The van der Waals surface area contributed by atoms with Gasteiger partial charge in [-0.15, -0.1) is 0 Å². The quantitative estimate of drug-likeness (QED) is 0.759. The molecule has 0 amide bonds. The molecule has 0 aliphatic rings. The van der Waals surface area contributed by atoms with Crippen molar-refractivity contribution < 1.29 is 47.9 Å². The lowest BCUT2D eigenvalue weighted by atomic mass is 10.3. The molecule has 0 aliphatic heterocycles. The van der Waals surface area contributed by atoms with Crippen LogP contribution in [0.1, 0.15) is 11.4 Å². The number of nitrogens with zero attached hydrogens (tertiary/aromatic N) is 3. The molecular weight excluding hydrogens is 423 g/mol. The first kappa shape index (κ1) is 20.8. The van der Waals surface area contributed by atoms with Crippen LogP contribution in [0.2, 0.25) is 0 Å². The minimum absolute atomic E-state index is 0.120. The van der Waals surface area contributed by atoms with Gasteiger partial charge in [-0.2, -0.15) is 57.7 Å². The Labute approximate surface area is 143 Å². The Morgan fingerprint density at radius 3 is 1.93 bits per heavy atom. The van der Waals surface area contributed by atoms with Crippen molar-refractivity contribution in [3.05, 3.63) is 35.7 Å². The first-order valence-corrected chi connectivity index (χ1v) is 7.81. The molecule has 2 heterocycles. The Bertz CT molecular complexity index is 944. The molecule has 0 fully saturated rings. The third kappa shape index (κ3) is 4.42. The van der Waals surface area contributed by atoms with E-state index < -0.39 is 50.9 Å². The van der Waals surface area contributed by atoms with E-state index in [1.165, 1.54) is 0 Å². The lowest BCUT2D eigenvalue weighted by molar-refractivity contribution is -0.142. The third-order valence-electron chi connectivity index (χ3n) is 2.79. The van der Waals surface area contributed by atoms with Gasteiger partial charge in [0.25, 0.3) is 0 Å². The van der Waals surface area contributed by atoms with Gasteiger partial charge in [0, 0.05) is 6.07 Å². The highest BCUT2D eigenvalue weighted by Crippen LogP contribution is 2.34. The van der Waals surface area contributed by atoms with Crippen molar-refractivity contribution >= 4 is 15.8 Å². The van der Waals surface area contributed by atoms with Crippen molar-refractivity contribution in [3.63, 3.8) is 0 Å². The number of halogens is 9. The second kappa shape index (κ2) is 6.28. The Kier molecular flexibility index (Phi) is 4.83. The first-order chi connectivity index (χ1) is 12.0. The fourth-order valence-corrected chi connectivity index (χ4v) is 2.20. The molecule has 16 heteroatoms. The van der Waals surface area contributed by atoms with Crippen LogP contribution in [0.15, 0.2) is 24.3 Å². The topological polar surface area (TPSA) is 76.9 Å². The summed E-state index contributed by atoms with van der Waals surface area (Å²) in [6.07, 6.45) is -10.3. The van der Waals surface area contributed by atoms with E-state index in [-0.39, 0.29) is 10.7 Å². The number of nitrogens with one attached hydrogen (secondary N) is 1. The van der Waals surface area contributed by atoms with Gasteiger partial charge in [-0.05, 0) is 12.1 Å². The number of hydrogen-bond acceptors (Lipinski definition) is 4. The summed E-state index contributed by atoms with van der Waals surface area (Å²) in [5, 5.41) is 2.81. The molecule has 2 aromatic rings. The van der Waals surface area contributed by atoms with Crippen molar-refractivity contribution in [2.45, 2.75) is 17.9 Å². The van der Waals surface area contributed by atoms with Crippen LogP contribution < -0.4 is 4.72 Å². The molecule has 0 aromatic carbocycles. The van der Waals surface area contributed by atoms with Gasteiger partial charge in [0.05, 0.1) is 0 Å². The van der Waals surface area contributed by atoms with Gasteiger partial charge in [0.15, 0.2) is 11.5 Å². The molecule has 0 atom stereocenters. The highest BCUT2D eigenvalue weighted by molar-refractivity contribution is 7.93. The number of aromatic nitrogens is 3. The molecule has 27 heavy (non-hydrogen) atoms. The van der Waals surface area contributed by atoms with Crippen LogP contribution in [0.25, 0.3) is 5.82 Å². The van der Waals surface area contributed by atoms with E-state index in [9.17, 15) is 47.9 Å². The van der Waals surface area contributed by atoms with E-state index in [2.05, 4.69) is 10.1 Å². The highest BCUT2D eigenvalue weighted by atomic mass is 32.2. The van der Waals surface area contributed by atoms with Crippen LogP contribution >= 0.6 is 0 Å². The lowest BCUT2D eigenvalue weighted by Crippen LogP contribution is -2.30. The smallest absolute Gasteiger partial charge is 0.260 e. The van der Waals surface area contributed by atoms with Gasteiger partial charge in [0.1, 0.15) is 11.5 Å².